The molecule has 1 aliphatic rings. The maximum Gasteiger partial charge on any atom is 0.187 e. The van der Waals surface area contributed by atoms with Crippen molar-refractivity contribution in [3.63, 3.8) is 0 Å². The Hall–Kier alpha value is -1.33. The maximum atomic E-state index is 6.83. The summed E-state index contributed by atoms with van der Waals surface area (Å²) in [6.45, 7) is 10.6. The van der Waals surface area contributed by atoms with E-state index in [4.69, 9.17) is 11.3 Å². The molecule has 2 nitrogen and oxygen atoms in total. The highest BCUT2D eigenvalue weighted by molar-refractivity contribution is 5.47. The second-order valence-electron chi connectivity index (χ2n) is 3.71. The second-order valence-corrected chi connectivity index (χ2v) is 3.71. The van der Waals surface area contributed by atoms with Crippen LogP contribution < -0.4 is 0 Å². The van der Waals surface area contributed by atoms with E-state index in [0.29, 0.717) is 5.69 Å². The first-order valence-electron chi connectivity index (χ1n) is 4.30. The van der Waals surface area contributed by atoms with Crippen molar-refractivity contribution in [2.45, 2.75) is 12.3 Å². The molecule has 0 amide bonds. The first-order chi connectivity index (χ1) is 6.24. The molecule has 0 N–H and O–H groups in total. The molecule has 1 heterocycles. The number of nitrogens with zero attached hydrogens (tertiary/aromatic N) is 1. The molecule has 1 saturated heterocycles. The number of benzene rings is 1. The first kappa shape index (κ1) is 8.28. The molecule has 1 aromatic rings. The summed E-state index contributed by atoms with van der Waals surface area (Å²) >= 11 is 0. The Kier molecular flexibility index (Phi) is 1.82. The molecule has 2 rings (SSSR count). The van der Waals surface area contributed by atoms with E-state index < -0.39 is 0 Å². The van der Waals surface area contributed by atoms with Crippen LogP contribution in [0.15, 0.2) is 24.3 Å². The van der Waals surface area contributed by atoms with Gasteiger partial charge in [0.25, 0.3) is 0 Å². The van der Waals surface area contributed by atoms with Crippen LogP contribution >= 0.6 is 0 Å². The lowest BCUT2D eigenvalue weighted by molar-refractivity contribution is -0.0499. The highest BCUT2D eigenvalue weighted by Gasteiger charge is 2.34. The molecule has 0 atom stereocenters. The van der Waals surface area contributed by atoms with Crippen LogP contribution in [-0.2, 0) is 10.2 Å². The summed E-state index contributed by atoms with van der Waals surface area (Å²) in [6, 6.07) is 7.78. The standard InChI is InChI=1S/C11H11NO/c1-11(7-13-8-11)9-3-5-10(12-2)6-4-9/h3-6H,7-8H2,1H3. The van der Waals surface area contributed by atoms with Crippen molar-refractivity contribution in [1.82, 2.24) is 0 Å². The van der Waals surface area contributed by atoms with Crippen molar-refractivity contribution >= 4 is 5.69 Å². The van der Waals surface area contributed by atoms with E-state index in [1.807, 2.05) is 24.3 Å². The van der Waals surface area contributed by atoms with E-state index in [2.05, 4.69) is 11.8 Å². The predicted molar refractivity (Wildman–Crippen MR) is 50.9 cm³/mol. The van der Waals surface area contributed by atoms with Crippen LogP contribution in [0.5, 0.6) is 0 Å². The van der Waals surface area contributed by atoms with Gasteiger partial charge in [-0.15, -0.1) is 0 Å². The molecule has 0 aromatic heterocycles. The minimum atomic E-state index is 0.181. The second kappa shape index (κ2) is 2.86. The molecular formula is C11H11NO. The van der Waals surface area contributed by atoms with E-state index >= 15 is 0 Å². The third-order valence-corrected chi connectivity index (χ3v) is 2.53. The van der Waals surface area contributed by atoms with Crippen molar-refractivity contribution in [3.8, 4) is 0 Å². The third kappa shape index (κ3) is 1.32. The predicted octanol–water partition coefficient (Wildman–Crippen LogP) is 2.53. The van der Waals surface area contributed by atoms with Gasteiger partial charge in [0.1, 0.15) is 0 Å². The zero-order chi connectivity index (χ0) is 9.31. The molecule has 1 aromatic carbocycles. The van der Waals surface area contributed by atoms with Gasteiger partial charge in [-0.1, -0.05) is 31.2 Å². The van der Waals surface area contributed by atoms with Crippen LogP contribution in [0.2, 0.25) is 0 Å². The molecule has 0 radical (unpaired) electrons. The summed E-state index contributed by atoms with van der Waals surface area (Å²) in [7, 11) is 0. The summed E-state index contributed by atoms with van der Waals surface area (Å²) < 4.78 is 5.19. The molecule has 0 aliphatic carbocycles. The molecule has 66 valence electrons. The van der Waals surface area contributed by atoms with Gasteiger partial charge in [-0.25, -0.2) is 4.85 Å². The molecule has 0 unspecified atom stereocenters. The van der Waals surface area contributed by atoms with E-state index in [-0.39, 0.29) is 5.41 Å². The minimum absolute atomic E-state index is 0.181. The van der Waals surface area contributed by atoms with Gasteiger partial charge in [-0.05, 0) is 5.56 Å². The zero-order valence-electron chi connectivity index (χ0n) is 7.58. The summed E-state index contributed by atoms with van der Waals surface area (Å²) in [5, 5.41) is 0. The Bertz CT molecular complexity index is 343. The Morgan fingerprint density at radius 2 is 1.92 bits per heavy atom. The van der Waals surface area contributed by atoms with Gasteiger partial charge in [0.05, 0.1) is 19.8 Å². The van der Waals surface area contributed by atoms with Gasteiger partial charge in [-0.2, -0.15) is 0 Å². The largest absolute Gasteiger partial charge is 0.379 e. The van der Waals surface area contributed by atoms with Gasteiger partial charge in [0.2, 0.25) is 0 Å². The molecule has 0 spiro atoms. The normalized spacial score (nSPS) is 18.8. The third-order valence-electron chi connectivity index (χ3n) is 2.53. The average Bonchev–Trinajstić information content (AvgIpc) is 2.14. The van der Waals surface area contributed by atoms with Crippen molar-refractivity contribution < 1.29 is 4.74 Å². The van der Waals surface area contributed by atoms with Crippen LogP contribution in [0.1, 0.15) is 12.5 Å². The van der Waals surface area contributed by atoms with Gasteiger partial charge < -0.3 is 4.74 Å². The van der Waals surface area contributed by atoms with Crippen LogP contribution in [0.25, 0.3) is 4.85 Å². The molecule has 2 heteroatoms. The summed E-state index contributed by atoms with van der Waals surface area (Å²) in [4.78, 5) is 3.36. The lowest BCUT2D eigenvalue weighted by Gasteiger charge is -2.38. The molecule has 13 heavy (non-hydrogen) atoms. The monoisotopic (exact) mass is 173 g/mol. The Morgan fingerprint density at radius 3 is 2.31 bits per heavy atom. The number of hydrogen-bond acceptors (Lipinski definition) is 1. The maximum absolute atomic E-state index is 6.83. The van der Waals surface area contributed by atoms with Crippen molar-refractivity contribution in [2.75, 3.05) is 13.2 Å². The lowest BCUT2D eigenvalue weighted by Crippen LogP contribution is -2.43. The van der Waals surface area contributed by atoms with Gasteiger partial charge in [0, 0.05) is 5.41 Å². The molecule has 0 saturated carbocycles. The fraction of sp³-hybridized carbons (Fsp3) is 0.364. The fourth-order valence-electron chi connectivity index (χ4n) is 1.51. The first-order valence-corrected chi connectivity index (χ1v) is 4.30. The van der Waals surface area contributed by atoms with Gasteiger partial charge >= 0.3 is 0 Å². The summed E-state index contributed by atoms with van der Waals surface area (Å²) in [5.41, 5.74) is 2.15. The Labute approximate surface area is 78.0 Å². The van der Waals surface area contributed by atoms with Crippen LogP contribution in [0.3, 0.4) is 0 Å². The quantitative estimate of drug-likeness (QED) is 0.595. The van der Waals surface area contributed by atoms with Crippen LogP contribution in [0.4, 0.5) is 5.69 Å². The highest BCUT2D eigenvalue weighted by Crippen LogP contribution is 2.32. The van der Waals surface area contributed by atoms with Crippen LogP contribution in [-0.4, -0.2) is 13.2 Å². The van der Waals surface area contributed by atoms with E-state index in [1.165, 1.54) is 5.56 Å². The van der Waals surface area contributed by atoms with Crippen molar-refractivity contribution in [2.24, 2.45) is 0 Å². The lowest BCUT2D eigenvalue weighted by atomic mass is 9.81. The van der Waals surface area contributed by atoms with E-state index in [9.17, 15) is 0 Å². The topological polar surface area (TPSA) is 13.6 Å². The summed E-state index contributed by atoms with van der Waals surface area (Å²) in [6.07, 6.45) is 0. The number of rotatable bonds is 1. The van der Waals surface area contributed by atoms with Crippen molar-refractivity contribution in [1.29, 1.82) is 0 Å². The molecule has 0 bridgehead atoms. The minimum Gasteiger partial charge on any atom is -0.379 e. The molecule has 1 fully saturated rings. The Morgan fingerprint density at radius 1 is 1.31 bits per heavy atom. The van der Waals surface area contributed by atoms with E-state index in [0.717, 1.165) is 13.2 Å². The number of hydrogen-bond donors (Lipinski definition) is 0. The fourth-order valence-corrected chi connectivity index (χ4v) is 1.51. The molecule has 1 aliphatic heterocycles. The van der Waals surface area contributed by atoms with E-state index in [1.54, 1.807) is 0 Å². The highest BCUT2D eigenvalue weighted by atomic mass is 16.5. The zero-order valence-corrected chi connectivity index (χ0v) is 7.58. The van der Waals surface area contributed by atoms with Gasteiger partial charge in [0.15, 0.2) is 5.69 Å². The smallest absolute Gasteiger partial charge is 0.187 e. The molecular weight excluding hydrogens is 162 g/mol. The van der Waals surface area contributed by atoms with Gasteiger partial charge in [-0.3, -0.25) is 0 Å². The van der Waals surface area contributed by atoms with Crippen LogP contribution in [0, 0.1) is 6.57 Å². The van der Waals surface area contributed by atoms with Crippen molar-refractivity contribution in [3.05, 3.63) is 41.2 Å². The Balaban J connectivity index is 2.28. The number of ether oxygens (including phenoxy) is 1. The average molecular weight is 173 g/mol. The SMILES string of the molecule is [C-]#[N+]c1ccc(C2(C)COC2)cc1. The summed E-state index contributed by atoms with van der Waals surface area (Å²) in [5.74, 6) is 0.